The molecule has 0 unspecified atom stereocenters. The van der Waals surface area contributed by atoms with Gasteiger partial charge in [-0.25, -0.2) is 4.68 Å². The Hall–Kier alpha value is -2.99. The number of hydrogen-bond acceptors (Lipinski definition) is 4. The minimum absolute atomic E-state index is 0.151. The molecule has 2 aromatic carbocycles. The van der Waals surface area contributed by atoms with Crippen LogP contribution in [0.4, 0.5) is 0 Å². The second-order valence-corrected chi connectivity index (χ2v) is 7.83. The van der Waals surface area contributed by atoms with E-state index in [9.17, 15) is 4.79 Å². The van der Waals surface area contributed by atoms with Gasteiger partial charge in [0.2, 0.25) is 0 Å². The molecular formula is C23H27N5O. The van der Waals surface area contributed by atoms with Crippen LogP contribution in [0, 0.1) is 13.8 Å². The van der Waals surface area contributed by atoms with Crippen molar-refractivity contribution in [3.05, 3.63) is 77.1 Å². The van der Waals surface area contributed by atoms with E-state index >= 15 is 0 Å². The Morgan fingerprint density at radius 3 is 2.55 bits per heavy atom. The molecule has 1 amide bonds. The number of piperidine rings is 1. The summed E-state index contributed by atoms with van der Waals surface area (Å²) in [5, 5.41) is 11.3. The maximum absolute atomic E-state index is 12.6. The summed E-state index contributed by atoms with van der Waals surface area (Å²) in [7, 11) is 0. The monoisotopic (exact) mass is 389 g/mol. The molecule has 3 aromatic rings. The van der Waals surface area contributed by atoms with Gasteiger partial charge in [-0.2, -0.15) is 0 Å². The van der Waals surface area contributed by atoms with Crippen molar-refractivity contribution in [3.8, 4) is 5.69 Å². The summed E-state index contributed by atoms with van der Waals surface area (Å²) in [4.78, 5) is 15.0. The Bertz CT molecular complexity index is 974. The van der Waals surface area contributed by atoms with E-state index in [0.29, 0.717) is 5.69 Å². The van der Waals surface area contributed by atoms with Crippen LogP contribution in [0.5, 0.6) is 0 Å². The molecule has 4 rings (SSSR count). The lowest BCUT2D eigenvalue weighted by Crippen LogP contribution is -2.44. The smallest absolute Gasteiger partial charge is 0.273 e. The molecule has 1 aliphatic rings. The summed E-state index contributed by atoms with van der Waals surface area (Å²) in [6.45, 7) is 7.06. The first-order valence-electron chi connectivity index (χ1n) is 10.2. The Morgan fingerprint density at radius 2 is 1.83 bits per heavy atom. The number of benzene rings is 2. The molecule has 6 nitrogen and oxygen atoms in total. The third-order valence-electron chi connectivity index (χ3n) is 5.65. The first-order valence-corrected chi connectivity index (χ1v) is 10.2. The number of likely N-dealkylation sites (tertiary alicyclic amines) is 1. The lowest BCUT2D eigenvalue weighted by atomic mass is 10.0. The van der Waals surface area contributed by atoms with Gasteiger partial charge < -0.3 is 5.32 Å². The number of carbonyl (C=O) groups excluding carboxylic acids is 1. The van der Waals surface area contributed by atoms with Gasteiger partial charge in [0, 0.05) is 25.7 Å². The molecule has 0 saturated carbocycles. The SMILES string of the molecule is Cc1ccc(-n2cc(C(=O)NC3CCN(Cc4ccccc4)CC3)nn2)cc1C. The zero-order valence-electron chi connectivity index (χ0n) is 17.0. The van der Waals surface area contributed by atoms with Crippen molar-refractivity contribution in [1.82, 2.24) is 25.2 Å². The van der Waals surface area contributed by atoms with Crippen LogP contribution in [0.1, 0.15) is 40.0 Å². The van der Waals surface area contributed by atoms with Gasteiger partial charge in [-0.05, 0) is 55.5 Å². The average molecular weight is 390 g/mol. The molecule has 0 aliphatic carbocycles. The molecule has 1 saturated heterocycles. The third-order valence-corrected chi connectivity index (χ3v) is 5.65. The second-order valence-electron chi connectivity index (χ2n) is 7.83. The molecule has 29 heavy (non-hydrogen) atoms. The van der Waals surface area contributed by atoms with E-state index in [0.717, 1.165) is 38.2 Å². The molecule has 0 radical (unpaired) electrons. The number of aryl methyl sites for hydroxylation is 2. The molecule has 1 aromatic heterocycles. The van der Waals surface area contributed by atoms with E-state index in [2.05, 4.69) is 64.7 Å². The van der Waals surface area contributed by atoms with Crippen LogP contribution in [0.2, 0.25) is 0 Å². The van der Waals surface area contributed by atoms with Crippen molar-refractivity contribution in [1.29, 1.82) is 0 Å². The minimum Gasteiger partial charge on any atom is -0.348 e. The van der Waals surface area contributed by atoms with Crippen LogP contribution >= 0.6 is 0 Å². The summed E-state index contributed by atoms with van der Waals surface area (Å²) in [5.41, 5.74) is 5.01. The maximum atomic E-state index is 12.6. The van der Waals surface area contributed by atoms with Gasteiger partial charge in [0.05, 0.1) is 11.9 Å². The minimum atomic E-state index is -0.151. The number of amides is 1. The zero-order valence-corrected chi connectivity index (χ0v) is 17.0. The van der Waals surface area contributed by atoms with Crippen LogP contribution in [-0.4, -0.2) is 44.9 Å². The van der Waals surface area contributed by atoms with Crippen molar-refractivity contribution in [2.24, 2.45) is 0 Å². The number of carbonyl (C=O) groups is 1. The molecular weight excluding hydrogens is 362 g/mol. The van der Waals surface area contributed by atoms with Crippen LogP contribution in [-0.2, 0) is 6.54 Å². The molecule has 0 spiro atoms. The second kappa shape index (κ2) is 8.57. The van der Waals surface area contributed by atoms with E-state index in [1.165, 1.54) is 16.7 Å². The van der Waals surface area contributed by atoms with Crippen molar-refractivity contribution in [3.63, 3.8) is 0 Å². The molecule has 0 atom stereocenters. The van der Waals surface area contributed by atoms with E-state index in [1.807, 2.05) is 18.2 Å². The largest absolute Gasteiger partial charge is 0.348 e. The van der Waals surface area contributed by atoms with Crippen LogP contribution in [0.15, 0.2) is 54.7 Å². The molecule has 2 heterocycles. The van der Waals surface area contributed by atoms with Gasteiger partial charge in [0.25, 0.3) is 5.91 Å². The fraction of sp³-hybridized carbons (Fsp3) is 0.348. The number of nitrogens with zero attached hydrogens (tertiary/aromatic N) is 4. The first-order chi connectivity index (χ1) is 14.1. The lowest BCUT2D eigenvalue weighted by Gasteiger charge is -2.32. The average Bonchev–Trinajstić information content (AvgIpc) is 3.23. The first kappa shape index (κ1) is 19.3. The van der Waals surface area contributed by atoms with Gasteiger partial charge in [0.1, 0.15) is 0 Å². The van der Waals surface area contributed by atoms with Gasteiger partial charge in [-0.1, -0.05) is 41.6 Å². The Kier molecular flexibility index (Phi) is 5.71. The fourth-order valence-electron chi connectivity index (χ4n) is 3.70. The van der Waals surface area contributed by atoms with Crippen LogP contribution < -0.4 is 5.32 Å². The number of aromatic nitrogens is 3. The highest BCUT2D eigenvalue weighted by Gasteiger charge is 2.22. The van der Waals surface area contributed by atoms with Crippen molar-refractivity contribution >= 4 is 5.91 Å². The fourth-order valence-corrected chi connectivity index (χ4v) is 3.70. The van der Waals surface area contributed by atoms with Gasteiger partial charge in [-0.3, -0.25) is 9.69 Å². The maximum Gasteiger partial charge on any atom is 0.273 e. The summed E-state index contributed by atoms with van der Waals surface area (Å²) >= 11 is 0. The van der Waals surface area contributed by atoms with Gasteiger partial charge >= 0.3 is 0 Å². The molecule has 6 heteroatoms. The molecule has 150 valence electrons. The standard InChI is InChI=1S/C23H27N5O/c1-17-8-9-21(14-18(17)2)28-16-22(25-26-28)23(29)24-20-10-12-27(13-11-20)15-19-6-4-3-5-7-19/h3-9,14,16,20H,10-13,15H2,1-2H3,(H,24,29). The predicted octanol–water partition coefficient (Wildman–Crippen LogP) is 3.28. The topological polar surface area (TPSA) is 63.1 Å². The predicted molar refractivity (Wildman–Crippen MR) is 113 cm³/mol. The normalized spacial score (nSPS) is 15.4. The highest BCUT2D eigenvalue weighted by atomic mass is 16.2. The Morgan fingerprint density at radius 1 is 1.07 bits per heavy atom. The van der Waals surface area contributed by atoms with E-state index in [-0.39, 0.29) is 11.9 Å². The molecule has 1 N–H and O–H groups in total. The summed E-state index contributed by atoms with van der Waals surface area (Å²) in [6, 6.07) is 16.8. The highest BCUT2D eigenvalue weighted by molar-refractivity contribution is 5.92. The number of nitrogens with one attached hydrogen (secondary N) is 1. The quantitative estimate of drug-likeness (QED) is 0.727. The highest BCUT2D eigenvalue weighted by Crippen LogP contribution is 2.15. The van der Waals surface area contributed by atoms with Gasteiger partial charge in [0.15, 0.2) is 5.69 Å². The van der Waals surface area contributed by atoms with E-state index in [1.54, 1.807) is 10.9 Å². The molecule has 1 fully saturated rings. The zero-order chi connectivity index (χ0) is 20.2. The number of rotatable bonds is 5. The summed E-state index contributed by atoms with van der Waals surface area (Å²) in [6.07, 6.45) is 3.59. The number of hydrogen-bond donors (Lipinski definition) is 1. The van der Waals surface area contributed by atoms with Crippen LogP contribution in [0.25, 0.3) is 5.69 Å². The molecule has 1 aliphatic heterocycles. The van der Waals surface area contributed by atoms with Crippen molar-refractivity contribution in [2.45, 2.75) is 39.3 Å². The summed E-state index contributed by atoms with van der Waals surface area (Å²) in [5.74, 6) is -0.151. The summed E-state index contributed by atoms with van der Waals surface area (Å²) < 4.78 is 1.66. The van der Waals surface area contributed by atoms with E-state index < -0.39 is 0 Å². The van der Waals surface area contributed by atoms with Crippen LogP contribution in [0.3, 0.4) is 0 Å². The van der Waals surface area contributed by atoms with Crippen molar-refractivity contribution in [2.75, 3.05) is 13.1 Å². The van der Waals surface area contributed by atoms with Gasteiger partial charge in [-0.15, -0.1) is 5.10 Å². The Labute approximate surface area is 171 Å². The lowest BCUT2D eigenvalue weighted by molar-refractivity contribution is 0.0904. The Balaban J connectivity index is 1.31. The molecule has 0 bridgehead atoms. The van der Waals surface area contributed by atoms with E-state index in [4.69, 9.17) is 0 Å². The van der Waals surface area contributed by atoms with Crippen molar-refractivity contribution < 1.29 is 4.79 Å². The third kappa shape index (κ3) is 4.71.